The number of hydrogen-bond donors (Lipinski definition) is 1. The topological polar surface area (TPSA) is 63.6 Å². The number of aliphatic hydroxyl groups excluding tert-OH is 1. The van der Waals surface area contributed by atoms with E-state index in [4.69, 9.17) is 4.74 Å². The van der Waals surface area contributed by atoms with Crippen molar-refractivity contribution in [3.8, 4) is 5.75 Å². The number of aliphatic hydroxyl groups is 1. The predicted molar refractivity (Wildman–Crippen MR) is 72.9 cm³/mol. The van der Waals surface area contributed by atoms with Crippen molar-refractivity contribution in [1.82, 2.24) is 0 Å². The van der Waals surface area contributed by atoms with E-state index in [1.165, 1.54) is 0 Å². The summed E-state index contributed by atoms with van der Waals surface area (Å²) in [6.45, 7) is 2.55. The lowest BCUT2D eigenvalue weighted by Crippen LogP contribution is -2.22. The molecule has 102 valence electrons. The van der Waals surface area contributed by atoms with Gasteiger partial charge >= 0.3 is 0 Å². The third kappa shape index (κ3) is 5.06. The Morgan fingerprint density at radius 2 is 1.89 bits per heavy atom. The number of hydrogen-bond acceptors (Lipinski definition) is 4. The van der Waals surface area contributed by atoms with Crippen LogP contribution < -0.4 is 4.74 Å². The average molecular weight is 262 g/mol. The zero-order valence-electron chi connectivity index (χ0n) is 10.9. The van der Waals surface area contributed by atoms with Crippen LogP contribution in [0.1, 0.15) is 18.9 Å². The van der Waals surface area contributed by atoms with E-state index in [0.717, 1.165) is 11.3 Å². The molecule has 4 heteroatoms. The first kappa shape index (κ1) is 15.1. The number of aldehydes is 2. The van der Waals surface area contributed by atoms with Crippen LogP contribution >= 0.6 is 0 Å². The quantitative estimate of drug-likeness (QED) is 0.726. The maximum absolute atomic E-state index is 10.7. The van der Waals surface area contributed by atoms with E-state index in [-0.39, 0.29) is 0 Å². The molecule has 0 amide bonds. The Morgan fingerprint density at radius 3 is 2.42 bits per heavy atom. The number of rotatable bonds is 8. The van der Waals surface area contributed by atoms with Gasteiger partial charge < -0.3 is 19.4 Å². The van der Waals surface area contributed by atoms with Gasteiger partial charge in [0.25, 0.3) is 0 Å². The van der Waals surface area contributed by atoms with Gasteiger partial charge in [0.1, 0.15) is 24.4 Å². The minimum absolute atomic E-state index is 0.330. The smallest absolute Gasteiger partial charge is 0.149 e. The van der Waals surface area contributed by atoms with Crippen molar-refractivity contribution >= 4 is 18.6 Å². The molecule has 0 unspecified atom stereocenters. The Hall–Kier alpha value is -1.94. The molecule has 0 bridgehead atoms. The van der Waals surface area contributed by atoms with E-state index in [1.807, 2.05) is 37.3 Å². The van der Waals surface area contributed by atoms with Gasteiger partial charge in [0.2, 0.25) is 0 Å². The summed E-state index contributed by atoms with van der Waals surface area (Å²) >= 11 is 0. The molecule has 0 aliphatic carbocycles. The van der Waals surface area contributed by atoms with E-state index in [0.29, 0.717) is 25.6 Å². The number of carbonyl (C=O) groups excluding carboxylic acids is 2. The molecule has 0 aromatic heterocycles. The molecule has 0 spiro atoms. The van der Waals surface area contributed by atoms with Crippen LogP contribution in [-0.2, 0) is 9.59 Å². The van der Waals surface area contributed by atoms with Crippen molar-refractivity contribution in [1.29, 1.82) is 0 Å². The lowest BCUT2D eigenvalue weighted by Gasteiger charge is -2.08. The van der Waals surface area contributed by atoms with E-state index in [1.54, 1.807) is 6.08 Å². The molecule has 1 aromatic carbocycles. The molecule has 0 aliphatic heterocycles. The van der Waals surface area contributed by atoms with E-state index in [9.17, 15) is 14.7 Å². The maximum atomic E-state index is 10.7. The second kappa shape index (κ2) is 8.21. The Morgan fingerprint density at radius 1 is 1.21 bits per heavy atom. The second-order valence-electron chi connectivity index (χ2n) is 4.07. The Kier molecular flexibility index (Phi) is 6.53. The highest BCUT2D eigenvalue weighted by Gasteiger charge is 2.15. The van der Waals surface area contributed by atoms with Crippen LogP contribution in [0.3, 0.4) is 0 Å². The molecule has 0 fully saturated rings. The van der Waals surface area contributed by atoms with Crippen LogP contribution in [0.15, 0.2) is 30.3 Å². The van der Waals surface area contributed by atoms with Crippen LogP contribution in [0.4, 0.5) is 0 Å². The van der Waals surface area contributed by atoms with Crippen molar-refractivity contribution in [2.24, 2.45) is 5.92 Å². The number of carbonyl (C=O) groups is 2. The second-order valence-corrected chi connectivity index (χ2v) is 4.07. The van der Waals surface area contributed by atoms with Gasteiger partial charge in [0, 0.05) is 0 Å². The highest BCUT2D eigenvalue weighted by atomic mass is 16.5. The predicted octanol–water partition coefficient (Wildman–Crippen LogP) is 1.86. The highest BCUT2D eigenvalue weighted by Crippen LogP contribution is 2.14. The zero-order valence-corrected chi connectivity index (χ0v) is 10.9. The average Bonchev–Trinajstić information content (AvgIpc) is 2.45. The molecule has 0 saturated carbocycles. The third-order valence-corrected chi connectivity index (χ3v) is 2.66. The maximum Gasteiger partial charge on any atom is 0.149 e. The van der Waals surface area contributed by atoms with Gasteiger partial charge in [0.15, 0.2) is 0 Å². The molecule has 1 aromatic rings. The van der Waals surface area contributed by atoms with E-state index >= 15 is 0 Å². The first-order valence-corrected chi connectivity index (χ1v) is 6.19. The van der Waals surface area contributed by atoms with Crippen molar-refractivity contribution in [2.75, 3.05) is 6.61 Å². The van der Waals surface area contributed by atoms with Gasteiger partial charge in [-0.2, -0.15) is 0 Å². The fourth-order valence-electron chi connectivity index (χ4n) is 1.58. The standard InChI is InChI=1S/C15H18O4/c1-2-19-14-8-6-12(7-9-14)4-3-5-13(10-16)15(18)11-17/h3-4,6-11,13,15,18H,2,5H2,1H3/b4-3+/t13-,15+/m0/s1. The Balaban J connectivity index is 2.56. The first-order chi connectivity index (χ1) is 9.21. The van der Waals surface area contributed by atoms with Gasteiger partial charge in [-0.3, -0.25) is 0 Å². The van der Waals surface area contributed by atoms with Crippen molar-refractivity contribution in [3.05, 3.63) is 35.9 Å². The van der Waals surface area contributed by atoms with Gasteiger partial charge in [-0.1, -0.05) is 24.3 Å². The van der Waals surface area contributed by atoms with E-state index < -0.39 is 12.0 Å². The monoisotopic (exact) mass is 262 g/mol. The fourth-order valence-corrected chi connectivity index (χ4v) is 1.58. The summed E-state index contributed by atoms with van der Waals surface area (Å²) in [4.78, 5) is 21.1. The van der Waals surface area contributed by atoms with Gasteiger partial charge in [0.05, 0.1) is 12.5 Å². The molecular weight excluding hydrogens is 244 g/mol. The molecule has 4 nitrogen and oxygen atoms in total. The Bertz CT molecular complexity index is 422. The van der Waals surface area contributed by atoms with Crippen molar-refractivity contribution < 1.29 is 19.4 Å². The van der Waals surface area contributed by atoms with Crippen LogP contribution in [-0.4, -0.2) is 30.4 Å². The van der Waals surface area contributed by atoms with Gasteiger partial charge in [-0.25, -0.2) is 0 Å². The zero-order chi connectivity index (χ0) is 14.1. The number of ether oxygens (including phenoxy) is 1. The number of benzene rings is 1. The van der Waals surface area contributed by atoms with Crippen LogP contribution in [0.2, 0.25) is 0 Å². The van der Waals surface area contributed by atoms with E-state index in [2.05, 4.69) is 0 Å². The molecule has 19 heavy (non-hydrogen) atoms. The summed E-state index contributed by atoms with van der Waals surface area (Å²) in [6.07, 6.45) is 3.68. The lowest BCUT2D eigenvalue weighted by atomic mass is 10.0. The molecule has 2 atom stereocenters. The molecule has 1 rings (SSSR count). The summed E-state index contributed by atoms with van der Waals surface area (Å²) in [5, 5.41) is 9.26. The van der Waals surface area contributed by atoms with Crippen LogP contribution in [0, 0.1) is 5.92 Å². The number of allylic oxidation sites excluding steroid dienone is 1. The normalized spacial score (nSPS) is 14.0. The first-order valence-electron chi connectivity index (χ1n) is 6.19. The fraction of sp³-hybridized carbons (Fsp3) is 0.333. The SMILES string of the molecule is CCOc1ccc(/C=C/C[C@@H](C=O)[C@H](O)C=O)cc1. The molecule has 1 N–H and O–H groups in total. The minimum atomic E-state index is -1.23. The summed E-state index contributed by atoms with van der Waals surface area (Å²) in [5.74, 6) is 0.123. The summed E-state index contributed by atoms with van der Waals surface area (Å²) in [7, 11) is 0. The summed E-state index contributed by atoms with van der Waals surface area (Å²) in [5.41, 5.74) is 0.966. The summed E-state index contributed by atoms with van der Waals surface area (Å²) < 4.78 is 5.32. The van der Waals surface area contributed by atoms with Crippen molar-refractivity contribution in [3.63, 3.8) is 0 Å². The molecule has 0 aliphatic rings. The third-order valence-electron chi connectivity index (χ3n) is 2.66. The summed E-state index contributed by atoms with van der Waals surface area (Å²) in [6, 6.07) is 7.52. The van der Waals surface area contributed by atoms with Crippen molar-refractivity contribution in [2.45, 2.75) is 19.4 Å². The Labute approximate surface area is 112 Å². The molecular formula is C15H18O4. The van der Waals surface area contributed by atoms with Crippen LogP contribution in [0.25, 0.3) is 6.08 Å². The molecule has 0 radical (unpaired) electrons. The molecule has 0 saturated heterocycles. The minimum Gasteiger partial charge on any atom is -0.494 e. The van der Waals surface area contributed by atoms with Gasteiger partial charge in [-0.05, 0) is 31.0 Å². The molecule has 0 heterocycles. The van der Waals surface area contributed by atoms with Crippen LogP contribution in [0.5, 0.6) is 5.75 Å². The lowest BCUT2D eigenvalue weighted by molar-refractivity contribution is -0.123. The highest BCUT2D eigenvalue weighted by molar-refractivity contribution is 5.67. The largest absolute Gasteiger partial charge is 0.494 e. The van der Waals surface area contributed by atoms with Gasteiger partial charge in [-0.15, -0.1) is 0 Å².